The third kappa shape index (κ3) is 8.54. The summed E-state index contributed by atoms with van der Waals surface area (Å²) in [5.74, 6) is -0.130. The van der Waals surface area contributed by atoms with Crippen molar-refractivity contribution in [1.82, 2.24) is 35.0 Å². The summed E-state index contributed by atoms with van der Waals surface area (Å²) in [6.45, 7) is 13.9. The maximum Gasteiger partial charge on any atom is 0.415 e. The molecular formula is C47H58F2N8O7. The molecule has 0 aliphatic carbocycles. The van der Waals surface area contributed by atoms with Gasteiger partial charge < -0.3 is 34.1 Å². The number of fused-ring (bicyclic) bond motifs is 7. The number of benzene rings is 2. The molecule has 0 saturated carbocycles. The Labute approximate surface area is 371 Å². The number of ether oxygens (including phenoxy) is 4. The molecule has 2 aromatic heterocycles. The summed E-state index contributed by atoms with van der Waals surface area (Å²) in [5.41, 5.74) is -0.642. The average molecular weight is 885 g/mol. The molecule has 0 spiro atoms. The monoisotopic (exact) mass is 884 g/mol. The predicted octanol–water partition coefficient (Wildman–Crippen LogP) is 7.80. The molecule has 4 saturated heterocycles. The van der Waals surface area contributed by atoms with E-state index in [0.29, 0.717) is 79.3 Å². The van der Waals surface area contributed by atoms with Crippen LogP contribution in [-0.2, 0) is 15.9 Å². The first-order valence-electron chi connectivity index (χ1n) is 22.6. The number of hydrogen-bond donors (Lipinski definition) is 1. The molecule has 6 aliphatic rings. The number of carbonyl (C=O) groups excluding carboxylic acids is 3. The van der Waals surface area contributed by atoms with E-state index >= 15 is 4.39 Å². The zero-order valence-electron chi connectivity index (χ0n) is 37.5. The SMILES string of the molecule is CC1CN(C(=O)Oc2cc3c4c(cccc4c2)CCCOC(=O)N[C@]2(C)CCCN(C2)c2nc(OC[C@@]45CCCN4C[C@H](F)C5)nc4c(F)c-3ncc24)CC(C)N1C(=O)OC(C)(C)C. The van der Waals surface area contributed by atoms with Crippen LogP contribution >= 0.6 is 0 Å². The van der Waals surface area contributed by atoms with Crippen molar-refractivity contribution in [2.75, 3.05) is 57.4 Å². The van der Waals surface area contributed by atoms with Gasteiger partial charge in [0.2, 0.25) is 0 Å². The maximum atomic E-state index is 17.7. The fraction of sp³-hybridized carbons (Fsp3) is 0.574. The molecule has 8 heterocycles. The summed E-state index contributed by atoms with van der Waals surface area (Å²) >= 11 is 0. The van der Waals surface area contributed by atoms with E-state index in [4.69, 9.17) is 33.9 Å². The van der Waals surface area contributed by atoms with Gasteiger partial charge in [-0.25, -0.2) is 23.2 Å². The minimum Gasteiger partial charge on any atom is -0.461 e. The summed E-state index contributed by atoms with van der Waals surface area (Å²) in [7, 11) is 0. The summed E-state index contributed by atoms with van der Waals surface area (Å²) in [5, 5.41) is 4.81. The summed E-state index contributed by atoms with van der Waals surface area (Å²) < 4.78 is 56.4. The normalized spacial score (nSPS) is 26.5. The predicted molar refractivity (Wildman–Crippen MR) is 236 cm³/mol. The largest absolute Gasteiger partial charge is 0.461 e. The molecule has 3 amide bonds. The van der Waals surface area contributed by atoms with Crippen LogP contribution in [0.3, 0.4) is 0 Å². The van der Waals surface area contributed by atoms with E-state index in [-0.39, 0.29) is 61.4 Å². The molecule has 0 radical (unpaired) electrons. The summed E-state index contributed by atoms with van der Waals surface area (Å²) in [6, 6.07) is 8.31. The second-order valence-electron chi connectivity index (χ2n) is 19.7. The minimum atomic E-state index is -0.958. The Kier molecular flexibility index (Phi) is 11.4. The lowest BCUT2D eigenvalue weighted by Crippen LogP contribution is -2.60. The molecule has 4 aromatic rings. The number of alkyl halides is 1. The van der Waals surface area contributed by atoms with E-state index in [9.17, 15) is 18.8 Å². The van der Waals surface area contributed by atoms with Crippen molar-refractivity contribution in [3.63, 3.8) is 0 Å². The highest BCUT2D eigenvalue weighted by molar-refractivity contribution is 6.02. The number of rotatable bonds is 4. The Hall–Kier alpha value is -5.58. The number of hydrogen-bond acceptors (Lipinski definition) is 12. The first kappa shape index (κ1) is 43.7. The van der Waals surface area contributed by atoms with Gasteiger partial charge in [0, 0.05) is 50.9 Å². The Balaban J connectivity index is 1.12. The minimum absolute atomic E-state index is 0.0100. The number of carbonyl (C=O) groups is 3. The number of anilines is 1. The van der Waals surface area contributed by atoms with Crippen molar-refractivity contribution in [2.45, 2.75) is 121 Å². The number of aromatic nitrogens is 3. The third-order valence-electron chi connectivity index (χ3n) is 13.4. The lowest BCUT2D eigenvalue weighted by molar-refractivity contribution is -0.0121. The number of piperazine rings is 1. The maximum absolute atomic E-state index is 17.7. The van der Waals surface area contributed by atoms with Crippen molar-refractivity contribution in [3.05, 3.63) is 47.9 Å². The van der Waals surface area contributed by atoms with E-state index in [0.717, 1.165) is 24.9 Å². The van der Waals surface area contributed by atoms with Crippen LogP contribution in [-0.4, -0.2) is 135 Å². The second-order valence-corrected chi connectivity index (χ2v) is 19.7. The fourth-order valence-electron chi connectivity index (χ4n) is 10.6. The lowest BCUT2D eigenvalue weighted by atomic mass is 9.91. The zero-order chi connectivity index (χ0) is 45.1. The molecule has 6 aliphatic heterocycles. The molecular weight excluding hydrogens is 827 g/mol. The highest BCUT2D eigenvalue weighted by atomic mass is 19.1. The molecule has 64 heavy (non-hydrogen) atoms. The van der Waals surface area contributed by atoms with Crippen LogP contribution in [0.15, 0.2) is 36.5 Å². The summed E-state index contributed by atoms with van der Waals surface area (Å²) in [4.78, 5) is 62.0. The molecule has 10 rings (SSSR count). The van der Waals surface area contributed by atoms with Crippen LogP contribution in [0.4, 0.5) is 29.0 Å². The van der Waals surface area contributed by atoms with Gasteiger partial charge in [-0.15, -0.1) is 0 Å². The molecule has 342 valence electrons. The number of nitrogens with zero attached hydrogens (tertiary/aromatic N) is 7. The molecule has 5 atom stereocenters. The van der Waals surface area contributed by atoms with E-state index < -0.39 is 46.9 Å². The van der Waals surface area contributed by atoms with Crippen LogP contribution in [0, 0.1) is 5.82 Å². The Bertz CT molecular complexity index is 2480. The van der Waals surface area contributed by atoms with Crippen LogP contribution in [0.5, 0.6) is 11.8 Å². The number of nitrogens with one attached hydrogen (secondary N) is 1. The third-order valence-corrected chi connectivity index (χ3v) is 13.4. The topological polar surface area (TPSA) is 152 Å². The van der Waals surface area contributed by atoms with E-state index in [2.05, 4.69) is 10.2 Å². The van der Waals surface area contributed by atoms with Crippen molar-refractivity contribution in [3.8, 4) is 23.0 Å². The quantitative estimate of drug-likeness (QED) is 0.213. The molecule has 6 bridgehead atoms. The van der Waals surface area contributed by atoms with E-state index in [1.807, 2.05) is 64.6 Å². The van der Waals surface area contributed by atoms with E-state index in [1.165, 1.54) is 0 Å². The first-order valence-corrected chi connectivity index (χ1v) is 22.6. The number of amides is 3. The zero-order valence-corrected chi connectivity index (χ0v) is 37.5. The fourth-order valence-corrected chi connectivity index (χ4v) is 10.6. The van der Waals surface area contributed by atoms with Gasteiger partial charge in [0.1, 0.15) is 41.2 Å². The van der Waals surface area contributed by atoms with Crippen molar-refractivity contribution in [1.29, 1.82) is 0 Å². The smallest absolute Gasteiger partial charge is 0.415 e. The highest BCUT2D eigenvalue weighted by Crippen LogP contribution is 2.42. The van der Waals surface area contributed by atoms with Crippen LogP contribution in [0.1, 0.15) is 85.6 Å². The molecule has 15 nitrogen and oxygen atoms in total. The van der Waals surface area contributed by atoms with Gasteiger partial charge in [0.25, 0.3) is 0 Å². The lowest BCUT2D eigenvalue weighted by Gasteiger charge is -2.43. The van der Waals surface area contributed by atoms with Gasteiger partial charge in [-0.2, -0.15) is 9.97 Å². The molecule has 4 fully saturated rings. The van der Waals surface area contributed by atoms with E-state index in [1.54, 1.807) is 28.1 Å². The summed E-state index contributed by atoms with van der Waals surface area (Å²) in [6.07, 6.45) is 3.44. The van der Waals surface area contributed by atoms with Gasteiger partial charge in [-0.1, -0.05) is 18.2 Å². The molecule has 1 N–H and O–H groups in total. The van der Waals surface area contributed by atoms with Gasteiger partial charge in [-0.3, -0.25) is 14.8 Å². The van der Waals surface area contributed by atoms with Gasteiger partial charge in [-0.05, 0) is 115 Å². The van der Waals surface area contributed by atoms with Gasteiger partial charge in [0.15, 0.2) is 5.82 Å². The first-order chi connectivity index (χ1) is 30.5. The Morgan fingerprint density at radius 1 is 1.02 bits per heavy atom. The van der Waals surface area contributed by atoms with Crippen molar-refractivity contribution < 1.29 is 42.1 Å². The number of alkyl carbamates (subject to hydrolysis) is 1. The van der Waals surface area contributed by atoms with Gasteiger partial charge in [0.05, 0.1) is 35.2 Å². The van der Waals surface area contributed by atoms with Crippen molar-refractivity contribution >= 4 is 45.8 Å². The average Bonchev–Trinajstić information content (AvgIpc) is 3.75. The molecule has 2 aromatic carbocycles. The Morgan fingerprint density at radius 3 is 2.58 bits per heavy atom. The van der Waals surface area contributed by atoms with Crippen LogP contribution in [0.25, 0.3) is 32.9 Å². The molecule has 2 unspecified atom stereocenters. The second kappa shape index (κ2) is 16.8. The van der Waals surface area contributed by atoms with Crippen molar-refractivity contribution in [2.24, 2.45) is 0 Å². The van der Waals surface area contributed by atoms with Crippen LogP contribution in [0.2, 0.25) is 0 Å². The number of pyridine rings is 1. The van der Waals surface area contributed by atoms with Crippen LogP contribution < -0.4 is 19.7 Å². The van der Waals surface area contributed by atoms with Gasteiger partial charge >= 0.3 is 24.3 Å². The number of piperidine rings is 1. The standard InChI is InChI=1S/C47H58F2N8O7/c1-28-23-55(24-29(2)57(28)44(60)64-45(3,4)5)43(59)63-33-19-31-12-7-11-30-13-8-18-61-42(58)53-46(6)14-9-16-54(26-46)40-35-22-50-38(34(20-33)36(30)31)37(49)39(35)51-41(52-40)62-27-47-15-10-17-56(47)25-32(48)21-47/h7,11-12,19-20,22,28-29,32H,8-10,13-18,21,23-27H2,1-6H3,(H,53,58)/t28?,29?,32-,46-,47+/m1/s1. The molecule has 17 heteroatoms. The number of halogens is 2. The Morgan fingerprint density at radius 2 is 1.80 bits per heavy atom. The number of aryl methyl sites for hydroxylation is 1. The highest BCUT2D eigenvalue weighted by Gasteiger charge is 2.49.